The van der Waals surface area contributed by atoms with Crippen LogP contribution in [-0.2, 0) is 11.2 Å². The number of carbonyl (C=O) groups is 1. The fraction of sp³-hybridized carbons (Fsp3) is 0.214. The van der Waals surface area contributed by atoms with Crippen molar-refractivity contribution in [3.05, 3.63) is 54.4 Å². The molecule has 0 fully saturated rings. The Balaban J connectivity index is 2.11. The standard InChI is InChI=1S/C14H16N2O/c1-15(2)14(17)11-12-5-7-13(8-6-12)16-9-3-4-10-16/h3-10H,11H2,1-2H3. The van der Waals surface area contributed by atoms with Crippen LogP contribution in [0.2, 0.25) is 0 Å². The van der Waals surface area contributed by atoms with E-state index in [4.69, 9.17) is 0 Å². The Morgan fingerprint density at radius 1 is 1.12 bits per heavy atom. The van der Waals surface area contributed by atoms with Gasteiger partial charge in [0.1, 0.15) is 0 Å². The highest BCUT2D eigenvalue weighted by Crippen LogP contribution is 2.10. The Hall–Kier alpha value is -2.03. The molecule has 0 radical (unpaired) electrons. The minimum Gasteiger partial charge on any atom is -0.349 e. The first kappa shape index (κ1) is 11.5. The number of amides is 1. The molecule has 1 amide bonds. The quantitative estimate of drug-likeness (QED) is 0.790. The highest BCUT2D eigenvalue weighted by Gasteiger charge is 2.05. The van der Waals surface area contributed by atoms with E-state index < -0.39 is 0 Å². The Morgan fingerprint density at radius 2 is 1.71 bits per heavy atom. The van der Waals surface area contributed by atoms with Crippen LogP contribution in [0.3, 0.4) is 0 Å². The van der Waals surface area contributed by atoms with E-state index in [2.05, 4.69) is 0 Å². The molecule has 2 aromatic rings. The average molecular weight is 228 g/mol. The van der Waals surface area contributed by atoms with E-state index in [0.29, 0.717) is 6.42 Å². The number of hydrogen-bond donors (Lipinski definition) is 0. The Labute approximate surface area is 101 Å². The lowest BCUT2D eigenvalue weighted by atomic mass is 10.1. The van der Waals surface area contributed by atoms with Crippen molar-refractivity contribution in [2.24, 2.45) is 0 Å². The lowest BCUT2D eigenvalue weighted by Crippen LogP contribution is -2.23. The predicted octanol–water partition coefficient (Wildman–Crippen LogP) is 2.11. The van der Waals surface area contributed by atoms with Gasteiger partial charge >= 0.3 is 0 Å². The minimum atomic E-state index is 0.124. The van der Waals surface area contributed by atoms with E-state index in [0.717, 1.165) is 11.3 Å². The Kier molecular flexibility index (Phi) is 3.28. The van der Waals surface area contributed by atoms with Crippen molar-refractivity contribution >= 4 is 5.91 Å². The topological polar surface area (TPSA) is 25.2 Å². The van der Waals surface area contributed by atoms with Gasteiger partial charge in [-0.05, 0) is 29.8 Å². The normalized spacial score (nSPS) is 10.2. The van der Waals surface area contributed by atoms with Crippen LogP contribution in [-0.4, -0.2) is 29.5 Å². The van der Waals surface area contributed by atoms with Crippen molar-refractivity contribution < 1.29 is 4.79 Å². The summed E-state index contributed by atoms with van der Waals surface area (Å²) >= 11 is 0. The summed E-state index contributed by atoms with van der Waals surface area (Å²) in [6.07, 6.45) is 4.46. The highest BCUT2D eigenvalue weighted by molar-refractivity contribution is 5.78. The summed E-state index contributed by atoms with van der Waals surface area (Å²) in [6.45, 7) is 0. The molecular weight excluding hydrogens is 212 g/mol. The van der Waals surface area contributed by atoms with Crippen LogP contribution in [0.4, 0.5) is 0 Å². The molecule has 0 aliphatic rings. The second-order valence-electron chi connectivity index (χ2n) is 4.22. The summed E-state index contributed by atoms with van der Waals surface area (Å²) in [5.74, 6) is 0.124. The SMILES string of the molecule is CN(C)C(=O)Cc1ccc(-n2cccc2)cc1. The minimum absolute atomic E-state index is 0.124. The van der Waals surface area contributed by atoms with Gasteiger partial charge in [-0.15, -0.1) is 0 Å². The van der Waals surface area contributed by atoms with Gasteiger partial charge in [0, 0.05) is 32.2 Å². The molecule has 0 unspecified atom stereocenters. The van der Waals surface area contributed by atoms with Crippen LogP contribution in [0.25, 0.3) is 5.69 Å². The monoisotopic (exact) mass is 228 g/mol. The second kappa shape index (κ2) is 4.87. The molecule has 0 saturated carbocycles. The van der Waals surface area contributed by atoms with Gasteiger partial charge in [-0.2, -0.15) is 0 Å². The van der Waals surface area contributed by atoms with Gasteiger partial charge in [-0.25, -0.2) is 0 Å². The number of carbonyl (C=O) groups excluding carboxylic acids is 1. The summed E-state index contributed by atoms with van der Waals surface area (Å²) in [4.78, 5) is 13.2. The molecule has 2 rings (SSSR count). The van der Waals surface area contributed by atoms with Crippen LogP contribution < -0.4 is 0 Å². The maximum absolute atomic E-state index is 11.5. The van der Waals surface area contributed by atoms with E-state index in [1.54, 1.807) is 19.0 Å². The Bertz CT molecular complexity index is 483. The van der Waals surface area contributed by atoms with Crippen molar-refractivity contribution in [1.29, 1.82) is 0 Å². The molecule has 0 N–H and O–H groups in total. The summed E-state index contributed by atoms with van der Waals surface area (Å²) in [5, 5.41) is 0. The van der Waals surface area contributed by atoms with Gasteiger partial charge in [-0.1, -0.05) is 12.1 Å². The number of aromatic nitrogens is 1. The lowest BCUT2D eigenvalue weighted by Gasteiger charge is -2.10. The molecule has 1 aromatic carbocycles. The molecule has 0 saturated heterocycles. The van der Waals surface area contributed by atoms with Crippen molar-refractivity contribution in [1.82, 2.24) is 9.47 Å². The van der Waals surface area contributed by atoms with E-state index in [-0.39, 0.29) is 5.91 Å². The smallest absolute Gasteiger partial charge is 0.226 e. The summed E-state index contributed by atoms with van der Waals surface area (Å²) in [6, 6.07) is 12.0. The molecule has 0 spiro atoms. The van der Waals surface area contributed by atoms with Crippen LogP contribution >= 0.6 is 0 Å². The summed E-state index contributed by atoms with van der Waals surface area (Å²) in [5.41, 5.74) is 2.15. The molecule has 88 valence electrons. The first-order valence-corrected chi connectivity index (χ1v) is 5.59. The zero-order valence-corrected chi connectivity index (χ0v) is 10.1. The molecule has 17 heavy (non-hydrogen) atoms. The third-order valence-corrected chi connectivity index (χ3v) is 2.69. The number of nitrogens with zero attached hydrogens (tertiary/aromatic N) is 2. The third-order valence-electron chi connectivity index (χ3n) is 2.69. The largest absolute Gasteiger partial charge is 0.349 e. The lowest BCUT2D eigenvalue weighted by molar-refractivity contribution is -0.127. The van der Waals surface area contributed by atoms with Gasteiger partial charge in [0.15, 0.2) is 0 Å². The first-order valence-electron chi connectivity index (χ1n) is 5.59. The van der Waals surface area contributed by atoms with Crippen molar-refractivity contribution in [3.63, 3.8) is 0 Å². The average Bonchev–Trinajstić information content (AvgIpc) is 2.83. The summed E-state index contributed by atoms with van der Waals surface area (Å²) in [7, 11) is 3.55. The molecule has 0 atom stereocenters. The predicted molar refractivity (Wildman–Crippen MR) is 68.2 cm³/mol. The van der Waals surface area contributed by atoms with Gasteiger partial charge < -0.3 is 9.47 Å². The van der Waals surface area contributed by atoms with Gasteiger partial charge in [0.2, 0.25) is 5.91 Å². The molecule has 0 aliphatic heterocycles. The maximum Gasteiger partial charge on any atom is 0.226 e. The van der Waals surface area contributed by atoms with Crippen molar-refractivity contribution in [3.8, 4) is 5.69 Å². The fourth-order valence-electron chi connectivity index (χ4n) is 1.63. The van der Waals surface area contributed by atoms with Gasteiger partial charge in [0.25, 0.3) is 0 Å². The maximum atomic E-state index is 11.5. The van der Waals surface area contributed by atoms with Crippen LogP contribution in [0, 0.1) is 0 Å². The van der Waals surface area contributed by atoms with E-state index in [9.17, 15) is 4.79 Å². The van der Waals surface area contributed by atoms with E-state index in [1.807, 2.05) is 53.4 Å². The Morgan fingerprint density at radius 3 is 2.24 bits per heavy atom. The third kappa shape index (κ3) is 2.75. The molecule has 0 aliphatic carbocycles. The van der Waals surface area contributed by atoms with E-state index in [1.165, 1.54) is 0 Å². The summed E-state index contributed by atoms with van der Waals surface area (Å²) < 4.78 is 2.04. The molecule has 3 heteroatoms. The molecular formula is C14H16N2O. The second-order valence-corrected chi connectivity index (χ2v) is 4.22. The molecule has 3 nitrogen and oxygen atoms in total. The molecule has 0 bridgehead atoms. The van der Waals surface area contributed by atoms with Gasteiger partial charge in [0.05, 0.1) is 6.42 Å². The number of rotatable bonds is 3. The number of benzene rings is 1. The number of hydrogen-bond acceptors (Lipinski definition) is 1. The van der Waals surface area contributed by atoms with Crippen LogP contribution in [0.1, 0.15) is 5.56 Å². The van der Waals surface area contributed by atoms with Crippen LogP contribution in [0.15, 0.2) is 48.8 Å². The fourth-order valence-corrected chi connectivity index (χ4v) is 1.63. The first-order chi connectivity index (χ1) is 8.16. The molecule has 1 heterocycles. The zero-order chi connectivity index (χ0) is 12.3. The number of likely N-dealkylation sites (N-methyl/N-ethyl adjacent to an activating group) is 1. The molecule has 1 aromatic heterocycles. The van der Waals surface area contributed by atoms with E-state index >= 15 is 0 Å². The highest BCUT2D eigenvalue weighted by atomic mass is 16.2. The van der Waals surface area contributed by atoms with Crippen LogP contribution in [0.5, 0.6) is 0 Å². The van der Waals surface area contributed by atoms with Crippen molar-refractivity contribution in [2.75, 3.05) is 14.1 Å². The van der Waals surface area contributed by atoms with Crippen molar-refractivity contribution in [2.45, 2.75) is 6.42 Å². The zero-order valence-electron chi connectivity index (χ0n) is 10.1. The van der Waals surface area contributed by atoms with Gasteiger partial charge in [-0.3, -0.25) is 4.79 Å².